The highest BCUT2D eigenvalue weighted by molar-refractivity contribution is 6.32. The van der Waals surface area contributed by atoms with Gasteiger partial charge in [-0.1, -0.05) is 35.9 Å². The monoisotopic (exact) mass is 377 g/mol. The smallest absolute Gasteiger partial charge is 0.292 e. The predicted octanol–water partition coefficient (Wildman–Crippen LogP) is 3.31. The van der Waals surface area contributed by atoms with E-state index >= 15 is 0 Å². The maximum absolute atomic E-state index is 13.7. The molecule has 134 valence electrons. The van der Waals surface area contributed by atoms with Crippen molar-refractivity contribution in [1.82, 2.24) is 9.78 Å². The summed E-state index contributed by atoms with van der Waals surface area (Å²) >= 11 is 6.07. The fourth-order valence-corrected chi connectivity index (χ4v) is 2.64. The summed E-state index contributed by atoms with van der Waals surface area (Å²) in [5.74, 6) is -1.72. The standard InChI is InChI=1S/C18H14ClF2N3O2/c19-17-14(9-23-24(18(17)26)11-5-2-1-3-6-11)22-10-15(25)16-12(20)7-4-8-13(16)21/h1-9,15,22,25H,10H2. The zero-order chi connectivity index (χ0) is 18.7. The molecular formula is C18H14ClF2N3O2. The van der Waals surface area contributed by atoms with Gasteiger partial charge in [0.1, 0.15) is 22.8 Å². The molecule has 1 unspecified atom stereocenters. The highest BCUT2D eigenvalue weighted by Gasteiger charge is 2.18. The van der Waals surface area contributed by atoms with Crippen molar-refractivity contribution < 1.29 is 13.9 Å². The molecule has 26 heavy (non-hydrogen) atoms. The number of aliphatic hydroxyl groups excluding tert-OH is 1. The van der Waals surface area contributed by atoms with E-state index < -0.39 is 28.9 Å². The van der Waals surface area contributed by atoms with Crippen molar-refractivity contribution in [1.29, 1.82) is 0 Å². The second-order valence-corrected chi connectivity index (χ2v) is 5.83. The molecule has 3 rings (SSSR count). The van der Waals surface area contributed by atoms with Gasteiger partial charge in [0, 0.05) is 6.54 Å². The van der Waals surface area contributed by atoms with Gasteiger partial charge >= 0.3 is 0 Å². The fraction of sp³-hybridized carbons (Fsp3) is 0.111. The minimum Gasteiger partial charge on any atom is -0.386 e. The number of nitrogens with zero attached hydrogens (tertiary/aromatic N) is 2. The van der Waals surface area contributed by atoms with Gasteiger partial charge in [-0.15, -0.1) is 0 Å². The zero-order valence-electron chi connectivity index (χ0n) is 13.4. The Labute approximate surface area is 152 Å². The van der Waals surface area contributed by atoms with Crippen LogP contribution in [0.1, 0.15) is 11.7 Å². The summed E-state index contributed by atoms with van der Waals surface area (Å²) in [7, 11) is 0. The van der Waals surface area contributed by atoms with Gasteiger partial charge in [0.25, 0.3) is 5.56 Å². The molecule has 2 aromatic carbocycles. The first-order chi connectivity index (χ1) is 12.5. The minimum absolute atomic E-state index is 0.148. The van der Waals surface area contributed by atoms with E-state index in [9.17, 15) is 18.7 Å². The number of para-hydroxylation sites is 1. The summed E-state index contributed by atoms with van der Waals surface area (Å²) in [6.07, 6.45) is -0.162. The molecule has 5 nitrogen and oxygen atoms in total. The van der Waals surface area contributed by atoms with Crippen molar-refractivity contribution in [3.8, 4) is 5.69 Å². The molecule has 0 bridgehead atoms. The highest BCUT2D eigenvalue weighted by atomic mass is 35.5. The lowest BCUT2D eigenvalue weighted by Crippen LogP contribution is -2.24. The molecule has 0 radical (unpaired) electrons. The average Bonchev–Trinajstić information content (AvgIpc) is 2.63. The molecule has 0 aliphatic carbocycles. The number of hydrogen-bond donors (Lipinski definition) is 2. The first kappa shape index (κ1) is 18.0. The van der Waals surface area contributed by atoms with Crippen molar-refractivity contribution in [2.24, 2.45) is 0 Å². The molecule has 1 aromatic heterocycles. The van der Waals surface area contributed by atoms with E-state index in [1.54, 1.807) is 30.3 Å². The average molecular weight is 378 g/mol. The summed E-state index contributed by atoms with van der Waals surface area (Å²) in [5, 5.41) is 16.6. The lowest BCUT2D eigenvalue weighted by Gasteiger charge is -2.15. The lowest BCUT2D eigenvalue weighted by atomic mass is 10.1. The summed E-state index contributed by atoms with van der Waals surface area (Å²) in [5.41, 5.74) is -0.324. The Morgan fingerprint density at radius 2 is 1.77 bits per heavy atom. The van der Waals surface area contributed by atoms with E-state index in [-0.39, 0.29) is 17.3 Å². The fourth-order valence-electron chi connectivity index (χ4n) is 2.45. The zero-order valence-corrected chi connectivity index (χ0v) is 14.1. The van der Waals surface area contributed by atoms with Crippen molar-refractivity contribution >= 4 is 17.3 Å². The Morgan fingerprint density at radius 1 is 1.12 bits per heavy atom. The summed E-state index contributed by atoms with van der Waals surface area (Å²) in [6, 6.07) is 12.0. The van der Waals surface area contributed by atoms with Gasteiger partial charge in [-0.3, -0.25) is 4.79 Å². The van der Waals surface area contributed by atoms with Crippen LogP contribution in [0.3, 0.4) is 0 Å². The van der Waals surface area contributed by atoms with Crippen LogP contribution in [-0.4, -0.2) is 21.4 Å². The second kappa shape index (κ2) is 7.63. The Bertz CT molecular complexity index is 960. The van der Waals surface area contributed by atoms with Crippen LogP contribution in [0.15, 0.2) is 59.5 Å². The van der Waals surface area contributed by atoms with Gasteiger partial charge in [0.2, 0.25) is 0 Å². The highest BCUT2D eigenvalue weighted by Crippen LogP contribution is 2.23. The molecule has 1 atom stereocenters. The molecule has 0 saturated heterocycles. The third-order valence-corrected chi connectivity index (χ3v) is 4.10. The molecule has 3 aromatic rings. The maximum Gasteiger partial charge on any atom is 0.292 e. The van der Waals surface area contributed by atoms with Crippen molar-refractivity contribution in [2.75, 3.05) is 11.9 Å². The van der Waals surface area contributed by atoms with Crippen LogP contribution in [0.25, 0.3) is 5.69 Å². The minimum atomic E-state index is -1.47. The Balaban J connectivity index is 1.81. The predicted molar refractivity (Wildman–Crippen MR) is 94.7 cm³/mol. The number of halogens is 3. The first-order valence-electron chi connectivity index (χ1n) is 7.68. The first-order valence-corrected chi connectivity index (χ1v) is 8.06. The third-order valence-electron chi connectivity index (χ3n) is 3.74. The normalized spacial score (nSPS) is 12.0. The number of anilines is 1. The molecular weight excluding hydrogens is 364 g/mol. The van der Waals surface area contributed by atoms with Crippen LogP contribution >= 0.6 is 11.6 Å². The SMILES string of the molecule is O=c1c(Cl)c(NCC(O)c2c(F)cccc2F)cnn1-c1ccccc1. The lowest BCUT2D eigenvalue weighted by molar-refractivity contribution is 0.181. The Kier molecular flexibility index (Phi) is 5.29. The van der Waals surface area contributed by atoms with Crippen molar-refractivity contribution in [3.05, 3.63) is 87.3 Å². The molecule has 0 aliphatic rings. The molecule has 0 aliphatic heterocycles. The van der Waals surface area contributed by atoms with E-state index in [0.29, 0.717) is 5.69 Å². The Hall–Kier alpha value is -2.77. The van der Waals surface area contributed by atoms with Crippen LogP contribution in [0.5, 0.6) is 0 Å². The number of hydrogen-bond acceptors (Lipinski definition) is 4. The quantitative estimate of drug-likeness (QED) is 0.716. The van der Waals surface area contributed by atoms with Gasteiger partial charge in [-0.05, 0) is 24.3 Å². The van der Waals surface area contributed by atoms with Crippen molar-refractivity contribution in [2.45, 2.75) is 6.10 Å². The van der Waals surface area contributed by atoms with Crippen LogP contribution in [0, 0.1) is 11.6 Å². The number of rotatable bonds is 5. The Morgan fingerprint density at radius 3 is 2.42 bits per heavy atom. The third kappa shape index (κ3) is 3.58. The number of aromatic nitrogens is 2. The van der Waals surface area contributed by atoms with E-state index in [0.717, 1.165) is 16.8 Å². The van der Waals surface area contributed by atoms with Gasteiger partial charge in [-0.25, -0.2) is 8.78 Å². The van der Waals surface area contributed by atoms with E-state index in [1.165, 1.54) is 12.3 Å². The molecule has 1 heterocycles. The molecule has 0 fully saturated rings. The summed E-state index contributed by atoms with van der Waals surface area (Å²) in [6.45, 7) is -0.256. The summed E-state index contributed by atoms with van der Waals surface area (Å²) < 4.78 is 28.5. The van der Waals surface area contributed by atoms with E-state index in [4.69, 9.17) is 11.6 Å². The second-order valence-electron chi connectivity index (χ2n) is 5.46. The van der Waals surface area contributed by atoms with Gasteiger partial charge < -0.3 is 10.4 Å². The largest absolute Gasteiger partial charge is 0.386 e. The topological polar surface area (TPSA) is 67.2 Å². The van der Waals surface area contributed by atoms with Crippen molar-refractivity contribution in [3.63, 3.8) is 0 Å². The molecule has 0 saturated carbocycles. The van der Waals surface area contributed by atoms with Crippen LogP contribution in [-0.2, 0) is 0 Å². The molecule has 0 amide bonds. The molecule has 0 spiro atoms. The van der Waals surface area contributed by atoms with E-state index in [2.05, 4.69) is 10.4 Å². The number of aliphatic hydroxyl groups is 1. The van der Waals surface area contributed by atoms with Gasteiger partial charge in [0.05, 0.1) is 23.1 Å². The van der Waals surface area contributed by atoms with Gasteiger partial charge in [-0.2, -0.15) is 9.78 Å². The molecule has 8 heteroatoms. The number of benzene rings is 2. The van der Waals surface area contributed by atoms with Crippen LogP contribution in [0.4, 0.5) is 14.5 Å². The maximum atomic E-state index is 13.7. The summed E-state index contributed by atoms with van der Waals surface area (Å²) in [4.78, 5) is 12.4. The van der Waals surface area contributed by atoms with E-state index in [1.807, 2.05) is 0 Å². The van der Waals surface area contributed by atoms with Crippen LogP contribution < -0.4 is 10.9 Å². The van der Waals surface area contributed by atoms with Gasteiger partial charge in [0.15, 0.2) is 0 Å². The molecule has 2 N–H and O–H groups in total. The number of nitrogens with one attached hydrogen (secondary N) is 1. The van der Waals surface area contributed by atoms with Crippen LogP contribution in [0.2, 0.25) is 5.02 Å².